The molecule has 1 aromatic heterocycles. The van der Waals surface area contributed by atoms with E-state index in [9.17, 15) is 0 Å². The van der Waals surface area contributed by atoms with Crippen molar-refractivity contribution in [2.75, 3.05) is 5.32 Å². The van der Waals surface area contributed by atoms with Gasteiger partial charge in [-0.1, -0.05) is 26.2 Å². The second-order valence-corrected chi connectivity index (χ2v) is 5.75. The fourth-order valence-electron chi connectivity index (χ4n) is 2.30. The lowest BCUT2D eigenvalue weighted by Gasteiger charge is -2.23. The van der Waals surface area contributed by atoms with Crippen LogP contribution in [0, 0.1) is 9.49 Å². The summed E-state index contributed by atoms with van der Waals surface area (Å²) in [5.41, 5.74) is 0. The van der Waals surface area contributed by atoms with Crippen molar-refractivity contribution in [1.29, 1.82) is 0 Å². The summed E-state index contributed by atoms with van der Waals surface area (Å²) in [6, 6.07) is 0.575. The molecule has 1 aliphatic rings. The highest BCUT2D eigenvalue weighted by Crippen LogP contribution is 2.26. The van der Waals surface area contributed by atoms with Gasteiger partial charge < -0.3 is 5.32 Å². The first-order valence-electron chi connectivity index (χ1n) is 5.99. The van der Waals surface area contributed by atoms with Crippen molar-refractivity contribution in [2.24, 2.45) is 5.92 Å². The van der Waals surface area contributed by atoms with Gasteiger partial charge in [-0.2, -0.15) is 0 Å². The highest BCUT2D eigenvalue weighted by atomic mass is 127. The van der Waals surface area contributed by atoms with E-state index in [2.05, 4.69) is 44.8 Å². The van der Waals surface area contributed by atoms with Crippen LogP contribution in [-0.4, -0.2) is 16.0 Å². The Bertz CT molecular complexity index is 343. The Labute approximate surface area is 111 Å². The van der Waals surface area contributed by atoms with Crippen molar-refractivity contribution >= 4 is 28.4 Å². The number of rotatable bonds is 2. The van der Waals surface area contributed by atoms with Crippen LogP contribution in [0.2, 0.25) is 0 Å². The van der Waals surface area contributed by atoms with E-state index in [4.69, 9.17) is 0 Å². The molecule has 0 spiro atoms. The van der Waals surface area contributed by atoms with Crippen LogP contribution < -0.4 is 5.32 Å². The lowest BCUT2D eigenvalue weighted by molar-refractivity contribution is 0.455. The van der Waals surface area contributed by atoms with E-state index in [-0.39, 0.29) is 0 Å². The number of halogens is 1. The average molecular weight is 331 g/mol. The van der Waals surface area contributed by atoms with E-state index in [1.54, 1.807) is 6.33 Å². The minimum Gasteiger partial charge on any atom is -0.366 e. The zero-order chi connectivity index (χ0) is 11.4. The van der Waals surface area contributed by atoms with Crippen LogP contribution in [0.15, 0.2) is 12.5 Å². The maximum Gasteiger partial charge on any atom is 0.143 e. The van der Waals surface area contributed by atoms with E-state index in [1.165, 1.54) is 32.1 Å². The molecule has 2 atom stereocenters. The number of aromatic nitrogens is 2. The van der Waals surface area contributed by atoms with Crippen LogP contribution in [0.5, 0.6) is 0 Å². The van der Waals surface area contributed by atoms with Gasteiger partial charge >= 0.3 is 0 Å². The van der Waals surface area contributed by atoms with Crippen molar-refractivity contribution in [3.8, 4) is 0 Å². The predicted molar refractivity (Wildman–Crippen MR) is 74.4 cm³/mol. The van der Waals surface area contributed by atoms with Gasteiger partial charge in [0, 0.05) is 12.2 Å². The maximum atomic E-state index is 4.31. The molecule has 1 heterocycles. The van der Waals surface area contributed by atoms with Crippen LogP contribution in [0.3, 0.4) is 0 Å². The van der Waals surface area contributed by atoms with Gasteiger partial charge in [-0.25, -0.2) is 9.97 Å². The Morgan fingerprint density at radius 1 is 1.31 bits per heavy atom. The molecule has 88 valence electrons. The Morgan fingerprint density at radius 3 is 2.94 bits per heavy atom. The van der Waals surface area contributed by atoms with Gasteiger partial charge in [-0.15, -0.1) is 0 Å². The Morgan fingerprint density at radius 2 is 2.12 bits per heavy atom. The third-order valence-electron chi connectivity index (χ3n) is 3.35. The third-order valence-corrected chi connectivity index (χ3v) is 4.14. The van der Waals surface area contributed by atoms with E-state index < -0.39 is 0 Å². The van der Waals surface area contributed by atoms with Gasteiger partial charge in [0.15, 0.2) is 0 Å². The zero-order valence-electron chi connectivity index (χ0n) is 9.62. The molecule has 16 heavy (non-hydrogen) atoms. The van der Waals surface area contributed by atoms with Crippen LogP contribution in [0.4, 0.5) is 5.82 Å². The molecule has 0 saturated heterocycles. The van der Waals surface area contributed by atoms with E-state index in [0.29, 0.717) is 6.04 Å². The van der Waals surface area contributed by atoms with Crippen molar-refractivity contribution in [3.05, 3.63) is 16.1 Å². The van der Waals surface area contributed by atoms with E-state index >= 15 is 0 Å². The summed E-state index contributed by atoms with van der Waals surface area (Å²) in [7, 11) is 0. The molecular weight excluding hydrogens is 313 g/mol. The third kappa shape index (κ3) is 3.06. The van der Waals surface area contributed by atoms with Crippen molar-refractivity contribution in [1.82, 2.24) is 9.97 Å². The van der Waals surface area contributed by atoms with Crippen LogP contribution in [0.1, 0.15) is 39.0 Å². The largest absolute Gasteiger partial charge is 0.366 e. The number of hydrogen-bond acceptors (Lipinski definition) is 3. The van der Waals surface area contributed by atoms with Gasteiger partial charge in [0.25, 0.3) is 0 Å². The molecule has 0 aliphatic heterocycles. The number of hydrogen-bond donors (Lipinski definition) is 1. The quantitative estimate of drug-likeness (QED) is 0.666. The molecule has 0 aromatic carbocycles. The molecule has 0 amide bonds. The van der Waals surface area contributed by atoms with Crippen molar-refractivity contribution in [2.45, 2.75) is 45.1 Å². The number of nitrogens with zero attached hydrogens (tertiary/aromatic N) is 2. The summed E-state index contributed by atoms with van der Waals surface area (Å²) in [5.74, 6) is 1.74. The summed E-state index contributed by atoms with van der Waals surface area (Å²) in [5, 5.41) is 3.58. The lowest BCUT2D eigenvalue weighted by atomic mass is 9.97. The molecule has 1 N–H and O–H groups in total. The van der Waals surface area contributed by atoms with Gasteiger partial charge in [0.05, 0.1) is 3.57 Å². The second-order valence-electron chi connectivity index (χ2n) is 4.59. The summed E-state index contributed by atoms with van der Waals surface area (Å²) >= 11 is 2.29. The van der Waals surface area contributed by atoms with Crippen molar-refractivity contribution in [3.63, 3.8) is 0 Å². The standard InChI is InChI=1S/C12H18IN3/c1-9-5-3-2-4-6-11(9)16-12-10(13)7-14-8-15-12/h7-9,11H,2-6H2,1H3,(H,14,15,16). The fourth-order valence-corrected chi connectivity index (χ4v) is 2.76. The van der Waals surface area contributed by atoms with Gasteiger partial charge in [0.1, 0.15) is 12.1 Å². The molecule has 1 aliphatic carbocycles. The predicted octanol–water partition coefficient (Wildman–Crippen LogP) is 3.46. The van der Waals surface area contributed by atoms with Crippen LogP contribution in [0.25, 0.3) is 0 Å². The van der Waals surface area contributed by atoms with E-state index in [1.807, 2.05) is 6.20 Å². The molecular formula is C12H18IN3. The lowest BCUT2D eigenvalue weighted by Crippen LogP contribution is -2.27. The minimum absolute atomic E-state index is 0.575. The van der Waals surface area contributed by atoms with Crippen LogP contribution >= 0.6 is 22.6 Å². The monoisotopic (exact) mass is 331 g/mol. The molecule has 0 radical (unpaired) electrons. The number of anilines is 1. The first-order valence-corrected chi connectivity index (χ1v) is 7.07. The van der Waals surface area contributed by atoms with Gasteiger partial charge in [0.2, 0.25) is 0 Å². The highest BCUT2D eigenvalue weighted by Gasteiger charge is 2.20. The number of nitrogens with one attached hydrogen (secondary N) is 1. The molecule has 4 heteroatoms. The molecule has 3 nitrogen and oxygen atoms in total. The second kappa shape index (κ2) is 5.80. The Kier molecular flexibility index (Phi) is 4.37. The van der Waals surface area contributed by atoms with Crippen LogP contribution in [-0.2, 0) is 0 Å². The first kappa shape index (κ1) is 12.1. The zero-order valence-corrected chi connectivity index (χ0v) is 11.8. The Hall–Kier alpha value is -0.390. The van der Waals surface area contributed by atoms with Gasteiger partial charge in [-0.3, -0.25) is 0 Å². The fraction of sp³-hybridized carbons (Fsp3) is 0.667. The highest BCUT2D eigenvalue weighted by molar-refractivity contribution is 14.1. The van der Waals surface area contributed by atoms with E-state index in [0.717, 1.165) is 15.3 Å². The normalized spacial score (nSPS) is 26.1. The average Bonchev–Trinajstić information content (AvgIpc) is 2.48. The molecule has 0 bridgehead atoms. The molecule has 1 fully saturated rings. The topological polar surface area (TPSA) is 37.8 Å². The molecule has 1 aromatic rings. The molecule has 2 rings (SSSR count). The SMILES string of the molecule is CC1CCCCCC1Nc1ncncc1I. The van der Waals surface area contributed by atoms with Gasteiger partial charge in [-0.05, 0) is 41.4 Å². The molecule has 2 unspecified atom stereocenters. The Balaban J connectivity index is 2.05. The smallest absolute Gasteiger partial charge is 0.143 e. The minimum atomic E-state index is 0.575. The summed E-state index contributed by atoms with van der Waals surface area (Å²) in [4.78, 5) is 8.32. The first-order chi connectivity index (χ1) is 7.77. The molecule has 1 saturated carbocycles. The summed E-state index contributed by atoms with van der Waals surface area (Å²) < 4.78 is 1.11. The summed E-state index contributed by atoms with van der Waals surface area (Å²) in [6.45, 7) is 2.34. The summed E-state index contributed by atoms with van der Waals surface area (Å²) in [6.07, 6.45) is 10.2. The maximum absolute atomic E-state index is 4.31. The van der Waals surface area contributed by atoms with Crippen molar-refractivity contribution < 1.29 is 0 Å².